The second-order valence-corrected chi connectivity index (χ2v) is 25.9. The van der Waals surface area contributed by atoms with Crippen molar-refractivity contribution in [2.75, 3.05) is 47.4 Å². The van der Waals surface area contributed by atoms with Crippen molar-refractivity contribution in [3.8, 4) is 23.0 Å². The van der Waals surface area contributed by atoms with E-state index in [4.69, 9.17) is 34.6 Å². The van der Waals surface area contributed by atoms with Crippen LogP contribution in [0.5, 0.6) is 23.0 Å². The number of ether oxygens (including phenoxy) is 4. The standard InChI is InChI=1S/C69H98N10O17.C2HF3O2/c1-7-8-9-10-11-12-13-14-21-28-55(81)76-59-61(84)60(83)54(41-80)96-69(59)95-53-40-46-39-52(63(53)93-6)94-51-31-30-44(38-50(51)79(91)92)37-49(73-64(86)47(70)35-42(2)3)65(87)74-48(36-43-24-17-15-18-25-43)66(88)77-57(46)62(85)68(90)72-32-22-29-56(82)75-58(45-26-19-16-20-27-45)67(89)71-33-23-34-78(4)5;3-2(4,5)1(6)7/h15-20,24-27,30-31,38-40,42,47-49,54,57-62,69,80,83-85H,7-14,21-23,28-29,32-37,41,70H2,1-6H3,(H,71,89)(H,72,90)(H,73,86)(H,74,87)(H,75,82)(H,76,81)(H,77,88);(H,6,7)/t47-,48+,49-,54-,57-,58-,59-,60-,61-,62-,69-;/m1./s1. The van der Waals surface area contributed by atoms with Gasteiger partial charge in [0.25, 0.3) is 5.91 Å². The van der Waals surface area contributed by atoms with E-state index in [1.54, 1.807) is 60.7 Å². The number of aliphatic hydroxyl groups excluding tert-OH is 4. The summed E-state index contributed by atoms with van der Waals surface area (Å²) < 4.78 is 56.6. The van der Waals surface area contributed by atoms with Gasteiger partial charge in [-0.15, -0.1) is 0 Å². The number of hydrogen-bond acceptors (Lipinski definition) is 20. The van der Waals surface area contributed by atoms with Gasteiger partial charge in [-0.3, -0.25) is 43.7 Å². The number of amides is 7. The van der Waals surface area contributed by atoms with Crippen molar-refractivity contribution in [2.45, 2.75) is 197 Å². The summed E-state index contributed by atoms with van der Waals surface area (Å²) in [4.78, 5) is 122. The van der Waals surface area contributed by atoms with Crippen LogP contribution >= 0.6 is 0 Å². The predicted octanol–water partition coefficient (Wildman–Crippen LogP) is 4.73. The maximum atomic E-state index is 15.3. The Morgan fingerprint density at radius 1 is 0.777 bits per heavy atom. The van der Waals surface area contributed by atoms with Gasteiger partial charge in [-0.2, -0.15) is 13.2 Å². The summed E-state index contributed by atoms with van der Waals surface area (Å²) in [5, 5.41) is 85.1. The molecule has 3 aliphatic heterocycles. The molecule has 11 atom stereocenters. The lowest BCUT2D eigenvalue weighted by Gasteiger charge is -2.42. The minimum Gasteiger partial charge on any atom is -0.490 e. The molecular weight excluding hydrogens is 1350 g/mol. The van der Waals surface area contributed by atoms with Crippen molar-refractivity contribution in [1.29, 1.82) is 0 Å². The fourth-order valence-electron chi connectivity index (χ4n) is 11.4. The third kappa shape index (κ3) is 27.6. The van der Waals surface area contributed by atoms with Gasteiger partial charge in [0.15, 0.2) is 17.6 Å². The van der Waals surface area contributed by atoms with E-state index in [1.165, 1.54) is 37.8 Å². The van der Waals surface area contributed by atoms with E-state index in [2.05, 4.69) is 44.1 Å². The van der Waals surface area contributed by atoms with E-state index in [0.29, 0.717) is 30.5 Å². The first-order valence-electron chi connectivity index (χ1n) is 34.4. The molecule has 3 heterocycles. The molecule has 4 aromatic carbocycles. The third-order valence-corrected chi connectivity index (χ3v) is 16.8. The van der Waals surface area contributed by atoms with Gasteiger partial charge in [0, 0.05) is 44.8 Å². The predicted molar refractivity (Wildman–Crippen MR) is 370 cm³/mol. The lowest BCUT2D eigenvalue weighted by molar-refractivity contribution is -0.385. The van der Waals surface area contributed by atoms with Gasteiger partial charge in [0.05, 0.1) is 30.7 Å². The highest BCUT2D eigenvalue weighted by atomic mass is 19.4. The number of carboxylic acids is 1. The van der Waals surface area contributed by atoms with Gasteiger partial charge in [-0.25, -0.2) is 4.79 Å². The number of nitro groups is 1. The molecule has 1 fully saturated rings. The first-order valence-corrected chi connectivity index (χ1v) is 34.4. The molecule has 4 aromatic rings. The molecule has 1 saturated heterocycles. The Bertz CT molecular complexity index is 3410. The van der Waals surface area contributed by atoms with E-state index >= 15 is 4.79 Å². The highest BCUT2D eigenvalue weighted by Crippen LogP contribution is 2.46. The molecule has 0 radical (unpaired) electrons. The van der Waals surface area contributed by atoms with Gasteiger partial charge in [-0.05, 0) is 92.7 Å². The van der Waals surface area contributed by atoms with Crippen molar-refractivity contribution in [3.63, 3.8) is 0 Å². The molecule has 0 saturated carbocycles. The normalized spacial score (nSPS) is 19.9. The number of benzene rings is 4. The smallest absolute Gasteiger partial charge is 0.490 e. The summed E-state index contributed by atoms with van der Waals surface area (Å²) >= 11 is 0. The van der Waals surface area contributed by atoms with Gasteiger partial charge in [-0.1, -0.05) is 139 Å². The van der Waals surface area contributed by atoms with Crippen LogP contribution < -0.4 is 57.2 Å². The van der Waals surface area contributed by atoms with E-state index in [9.17, 15) is 72.5 Å². The van der Waals surface area contributed by atoms with Gasteiger partial charge in [0.1, 0.15) is 42.5 Å². The van der Waals surface area contributed by atoms with Crippen molar-refractivity contribution < 1.29 is 101 Å². The Balaban J connectivity index is 0.00000258. The van der Waals surface area contributed by atoms with Gasteiger partial charge < -0.3 is 92.3 Å². The highest BCUT2D eigenvalue weighted by molar-refractivity contribution is 5.94. The number of carbonyl (C=O) groups excluding carboxylic acids is 7. The van der Waals surface area contributed by atoms with Crippen LogP contribution in [0.25, 0.3) is 0 Å². The van der Waals surface area contributed by atoms with Gasteiger partial charge in [0.2, 0.25) is 53.2 Å². The summed E-state index contributed by atoms with van der Waals surface area (Å²) in [6.45, 7) is 5.84. The molecule has 0 spiro atoms. The van der Waals surface area contributed by atoms with Gasteiger partial charge >= 0.3 is 17.8 Å². The number of nitro benzene ring substituents is 1. The zero-order chi connectivity index (χ0) is 75.9. The maximum absolute atomic E-state index is 15.3. The van der Waals surface area contributed by atoms with E-state index < -0.39 is 155 Å². The molecule has 0 unspecified atom stereocenters. The molecule has 4 bridgehead atoms. The number of halogens is 3. The number of nitrogens with zero attached hydrogens (tertiary/aromatic N) is 2. The molecule has 3 aliphatic rings. The Kier molecular flexibility index (Phi) is 34.9. The largest absolute Gasteiger partial charge is 0.490 e. The van der Waals surface area contributed by atoms with E-state index in [1.807, 2.05) is 32.8 Å². The number of unbranched alkanes of at least 4 members (excludes halogenated alkanes) is 8. The molecule has 7 amide bonds. The average Bonchev–Trinajstić information content (AvgIpc) is 0.777. The Morgan fingerprint density at radius 2 is 1.39 bits per heavy atom. The second kappa shape index (κ2) is 42.5. The second-order valence-electron chi connectivity index (χ2n) is 25.9. The molecule has 0 aliphatic carbocycles. The van der Waals surface area contributed by atoms with Crippen LogP contribution in [0.4, 0.5) is 18.9 Å². The topological polar surface area (TPSA) is 431 Å². The molecular formula is C71H99F3N10O19. The number of nitrogens with one attached hydrogen (secondary N) is 7. The minimum atomic E-state index is -5.08. The maximum Gasteiger partial charge on any atom is 0.490 e. The quantitative estimate of drug-likeness (QED) is 0.0168. The zero-order valence-corrected chi connectivity index (χ0v) is 58.8. The van der Waals surface area contributed by atoms with Crippen molar-refractivity contribution >= 4 is 53.0 Å². The fourth-order valence-corrected chi connectivity index (χ4v) is 11.4. The molecule has 14 N–H and O–H groups in total. The Labute approximate surface area is 596 Å². The monoisotopic (exact) mass is 1450 g/mol. The van der Waals surface area contributed by atoms with Crippen LogP contribution in [0, 0.1) is 16.0 Å². The number of methoxy groups -OCH3 is 1. The lowest BCUT2D eigenvalue weighted by Crippen LogP contribution is -2.65. The van der Waals surface area contributed by atoms with Crippen LogP contribution in [0.2, 0.25) is 0 Å². The van der Waals surface area contributed by atoms with Crippen molar-refractivity contribution in [3.05, 3.63) is 123 Å². The Hall–Kier alpha value is -9.05. The van der Waals surface area contributed by atoms with Crippen LogP contribution in [0.3, 0.4) is 0 Å². The minimum absolute atomic E-state index is 0.0207. The number of carbonyl (C=O) groups is 8. The highest BCUT2D eigenvalue weighted by Gasteiger charge is 2.47. The van der Waals surface area contributed by atoms with Crippen LogP contribution in [0.15, 0.2) is 91.0 Å². The molecule has 29 nitrogen and oxygen atoms in total. The number of hydrogen-bond donors (Lipinski definition) is 13. The first-order chi connectivity index (χ1) is 49.0. The average molecular weight is 1450 g/mol. The van der Waals surface area contributed by atoms with Crippen LogP contribution in [-0.4, -0.2) is 191 Å². The first kappa shape index (κ1) is 84.6. The number of fused-ring (bicyclic) bond motifs is 9. The number of aliphatic hydroxyl groups is 4. The molecule has 568 valence electrons. The third-order valence-electron chi connectivity index (χ3n) is 16.8. The number of rotatable bonds is 35. The Morgan fingerprint density at radius 3 is 1.99 bits per heavy atom. The SMILES string of the molecule is CCCCCCCCCCCC(=O)N[C@H]1[C@H](Oc2cc3cc(c2OC)Oc2ccc(cc2[N+](=O)[O-])C[C@@H](NC(=O)[C@H](N)CC(C)C)C(=O)N[C@@H](Cc2ccccc2)C(=O)N[C@H]3[C@@H](O)C(=O)NCCCC(=O)N[C@@H](C(=O)NCCCN(C)C)c2ccccc2)O[C@H](CO)[C@@H](O)[C@@H]1O.O=C(O)C(F)(F)F. The summed E-state index contributed by atoms with van der Waals surface area (Å²) in [7, 11) is 5.01. The molecule has 7 rings (SSSR count). The van der Waals surface area contributed by atoms with Crippen molar-refractivity contribution in [2.24, 2.45) is 11.7 Å². The summed E-state index contributed by atoms with van der Waals surface area (Å²) in [5.41, 5.74) is 6.63. The number of alkyl halides is 3. The van der Waals surface area contributed by atoms with E-state index in [-0.39, 0.29) is 67.9 Å². The van der Waals surface area contributed by atoms with Crippen LogP contribution in [0.1, 0.15) is 145 Å². The summed E-state index contributed by atoms with van der Waals surface area (Å²) in [6.07, 6.45) is -5.35. The molecule has 0 aromatic heterocycles. The summed E-state index contributed by atoms with van der Waals surface area (Å²) in [6, 6.07) is 14.6. The lowest BCUT2D eigenvalue weighted by atomic mass is 9.96. The zero-order valence-electron chi connectivity index (χ0n) is 58.8. The number of aliphatic carboxylic acids is 1. The fraction of sp³-hybridized carbons (Fsp3) is 0.549. The molecule has 32 heteroatoms. The number of carboxylic acid groups (broad SMARTS) is 1. The number of nitrogens with two attached hydrogens (primary N) is 1. The summed E-state index contributed by atoms with van der Waals surface area (Å²) in [5.74, 6) is -9.62. The molecule has 103 heavy (non-hydrogen) atoms. The van der Waals surface area contributed by atoms with Crippen molar-refractivity contribution in [1.82, 2.24) is 42.1 Å². The van der Waals surface area contributed by atoms with Crippen LogP contribution in [-0.2, 0) is 55.9 Å². The van der Waals surface area contributed by atoms with E-state index in [0.717, 1.165) is 57.6 Å².